The third-order valence-corrected chi connectivity index (χ3v) is 3.58. The van der Waals surface area contributed by atoms with E-state index in [9.17, 15) is 0 Å². The second-order valence-electron chi connectivity index (χ2n) is 5.01. The predicted molar refractivity (Wildman–Crippen MR) is 82.4 cm³/mol. The molecule has 0 N–H and O–H groups in total. The molecule has 0 radical (unpaired) electrons. The highest BCUT2D eigenvalue weighted by molar-refractivity contribution is 5.86. The van der Waals surface area contributed by atoms with Gasteiger partial charge in [0.25, 0.3) is 0 Å². The minimum absolute atomic E-state index is 0.282. The topological polar surface area (TPSA) is 24.8 Å². The van der Waals surface area contributed by atoms with Crippen LogP contribution in [0.15, 0.2) is 59.7 Å². The number of anilines is 1. The van der Waals surface area contributed by atoms with Gasteiger partial charge in [0.05, 0.1) is 18.8 Å². The highest BCUT2D eigenvalue weighted by atomic mass is 16.5. The zero-order chi connectivity index (χ0) is 13.9. The summed E-state index contributed by atoms with van der Waals surface area (Å²) in [7, 11) is 1.68. The summed E-state index contributed by atoms with van der Waals surface area (Å²) < 4.78 is 5.21. The summed E-state index contributed by atoms with van der Waals surface area (Å²) in [5.41, 5.74) is 3.55. The van der Waals surface area contributed by atoms with Gasteiger partial charge in [-0.05, 0) is 36.8 Å². The Morgan fingerprint density at radius 3 is 2.40 bits per heavy atom. The molecule has 1 heterocycles. The van der Waals surface area contributed by atoms with E-state index < -0.39 is 0 Å². The van der Waals surface area contributed by atoms with E-state index in [1.54, 1.807) is 7.11 Å². The average molecular weight is 266 g/mol. The molecule has 0 amide bonds. The van der Waals surface area contributed by atoms with Crippen LogP contribution in [0.2, 0.25) is 0 Å². The van der Waals surface area contributed by atoms with Crippen molar-refractivity contribution in [3.05, 3.63) is 60.2 Å². The first-order chi connectivity index (χ1) is 9.78. The lowest BCUT2D eigenvalue weighted by Gasteiger charge is -2.24. The summed E-state index contributed by atoms with van der Waals surface area (Å²) in [6.07, 6.45) is 0.968. The summed E-state index contributed by atoms with van der Waals surface area (Å²) in [5.74, 6) is 0.866. The van der Waals surface area contributed by atoms with Crippen LogP contribution < -0.4 is 9.75 Å². The summed E-state index contributed by atoms with van der Waals surface area (Å²) in [4.78, 5) is 0. The first kappa shape index (κ1) is 12.7. The smallest absolute Gasteiger partial charge is 0.119 e. The number of hydrogen-bond acceptors (Lipinski definition) is 3. The van der Waals surface area contributed by atoms with Crippen molar-refractivity contribution in [1.82, 2.24) is 0 Å². The lowest BCUT2D eigenvalue weighted by atomic mass is 10.0. The number of nitrogens with zero attached hydrogens (tertiary/aromatic N) is 2. The molecule has 20 heavy (non-hydrogen) atoms. The van der Waals surface area contributed by atoms with E-state index in [1.165, 1.54) is 5.56 Å². The van der Waals surface area contributed by atoms with Crippen LogP contribution in [0, 0.1) is 0 Å². The normalized spacial score (nSPS) is 18.0. The second-order valence-corrected chi connectivity index (χ2v) is 5.01. The van der Waals surface area contributed by atoms with Crippen molar-refractivity contribution in [1.29, 1.82) is 0 Å². The van der Waals surface area contributed by atoms with Gasteiger partial charge in [-0.3, -0.25) is 5.01 Å². The quantitative estimate of drug-likeness (QED) is 0.838. The van der Waals surface area contributed by atoms with Crippen LogP contribution >= 0.6 is 0 Å². The Hall–Kier alpha value is -2.29. The molecule has 3 nitrogen and oxygen atoms in total. The fourth-order valence-corrected chi connectivity index (χ4v) is 2.57. The van der Waals surface area contributed by atoms with Gasteiger partial charge < -0.3 is 4.74 Å². The van der Waals surface area contributed by atoms with Gasteiger partial charge in [-0.2, -0.15) is 5.10 Å². The zero-order valence-electron chi connectivity index (χ0n) is 11.8. The third-order valence-electron chi connectivity index (χ3n) is 3.58. The molecule has 2 aromatic rings. The highest BCUT2D eigenvalue weighted by Crippen LogP contribution is 2.35. The standard InChI is InChI=1S/C17H18N2O/c1-13-12-17(14-6-4-3-5-7-14)19(18-13)15-8-10-16(20-2)11-9-15/h3-11,17H,12H2,1-2H3. The first-order valence-corrected chi connectivity index (χ1v) is 6.80. The molecule has 1 atom stereocenters. The van der Waals surface area contributed by atoms with E-state index in [-0.39, 0.29) is 6.04 Å². The van der Waals surface area contributed by atoms with Crippen molar-refractivity contribution in [2.45, 2.75) is 19.4 Å². The number of methoxy groups -OCH3 is 1. The predicted octanol–water partition coefficient (Wildman–Crippen LogP) is 4.02. The molecular weight excluding hydrogens is 248 g/mol. The van der Waals surface area contributed by atoms with E-state index >= 15 is 0 Å². The van der Waals surface area contributed by atoms with Gasteiger partial charge in [0.2, 0.25) is 0 Å². The molecule has 0 fully saturated rings. The number of rotatable bonds is 3. The molecule has 0 aromatic heterocycles. The molecule has 1 aliphatic rings. The Labute approximate surface area is 119 Å². The van der Waals surface area contributed by atoms with Gasteiger partial charge in [-0.15, -0.1) is 0 Å². The molecule has 1 unspecified atom stereocenters. The van der Waals surface area contributed by atoms with Crippen molar-refractivity contribution < 1.29 is 4.74 Å². The van der Waals surface area contributed by atoms with Crippen LogP contribution in [0.5, 0.6) is 5.75 Å². The Morgan fingerprint density at radius 2 is 1.75 bits per heavy atom. The van der Waals surface area contributed by atoms with Crippen LogP contribution in [0.25, 0.3) is 0 Å². The van der Waals surface area contributed by atoms with Crippen LogP contribution in [-0.2, 0) is 0 Å². The van der Waals surface area contributed by atoms with Crippen molar-refractivity contribution in [3.63, 3.8) is 0 Å². The third kappa shape index (κ3) is 2.39. The van der Waals surface area contributed by atoms with Crippen molar-refractivity contribution in [2.24, 2.45) is 5.10 Å². The van der Waals surface area contributed by atoms with E-state index in [0.717, 1.165) is 23.6 Å². The lowest BCUT2D eigenvalue weighted by Crippen LogP contribution is -2.18. The maximum absolute atomic E-state index is 5.21. The molecule has 1 aliphatic heterocycles. The Kier molecular flexibility index (Phi) is 3.42. The van der Waals surface area contributed by atoms with Crippen LogP contribution in [0.1, 0.15) is 24.9 Å². The molecule has 0 bridgehead atoms. The van der Waals surface area contributed by atoms with Crippen molar-refractivity contribution >= 4 is 11.4 Å². The SMILES string of the molecule is COc1ccc(N2N=C(C)CC2c2ccccc2)cc1. The molecule has 102 valence electrons. The van der Waals surface area contributed by atoms with Crippen molar-refractivity contribution in [2.75, 3.05) is 12.1 Å². The van der Waals surface area contributed by atoms with Crippen LogP contribution in [0.3, 0.4) is 0 Å². The Bertz CT molecular complexity index is 605. The van der Waals surface area contributed by atoms with E-state index in [2.05, 4.69) is 53.4 Å². The zero-order valence-corrected chi connectivity index (χ0v) is 11.8. The monoisotopic (exact) mass is 266 g/mol. The van der Waals surface area contributed by atoms with Crippen LogP contribution in [-0.4, -0.2) is 12.8 Å². The highest BCUT2D eigenvalue weighted by Gasteiger charge is 2.26. The molecule has 3 rings (SSSR count). The van der Waals surface area contributed by atoms with E-state index in [1.807, 2.05) is 18.2 Å². The molecule has 0 aliphatic carbocycles. The molecule has 2 aromatic carbocycles. The fraction of sp³-hybridized carbons (Fsp3) is 0.235. The lowest BCUT2D eigenvalue weighted by molar-refractivity contribution is 0.415. The van der Waals surface area contributed by atoms with Gasteiger partial charge in [0.1, 0.15) is 5.75 Å². The number of hydrogen-bond donors (Lipinski definition) is 0. The summed E-state index contributed by atoms with van der Waals surface area (Å²) in [5, 5.41) is 6.78. The summed E-state index contributed by atoms with van der Waals surface area (Å²) in [6, 6.07) is 18.9. The maximum Gasteiger partial charge on any atom is 0.119 e. The summed E-state index contributed by atoms with van der Waals surface area (Å²) in [6.45, 7) is 2.08. The molecule has 0 spiro atoms. The maximum atomic E-state index is 5.21. The molecule has 3 heteroatoms. The average Bonchev–Trinajstić information content (AvgIpc) is 2.90. The van der Waals surface area contributed by atoms with E-state index in [4.69, 9.17) is 4.74 Å². The van der Waals surface area contributed by atoms with Crippen molar-refractivity contribution in [3.8, 4) is 5.75 Å². The van der Waals surface area contributed by atoms with E-state index in [0.29, 0.717) is 0 Å². The van der Waals surface area contributed by atoms with Gasteiger partial charge in [-0.1, -0.05) is 30.3 Å². The molecule has 0 saturated carbocycles. The van der Waals surface area contributed by atoms with Gasteiger partial charge >= 0.3 is 0 Å². The minimum atomic E-state index is 0.282. The number of benzene rings is 2. The first-order valence-electron chi connectivity index (χ1n) is 6.80. The summed E-state index contributed by atoms with van der Waals surface area (Å²) >= 11 is 0. The van der Waals surface area contributed by atoms with Crippen LogP contribution in [0.4, 0.5) is 5.69 Å². The Morgan fingerprint density at radius 1 is 1.05 bits per heavy atom. The fourth-order valence-electron chi connectivity index (χ4n) is 2.57. The second kappa shape index (κ2) is 5.37. The number of ether oxygens (including phenoxy) is 1. The largest absolute Gasteiger partial charge is 0.497 e. The van der Waals surface area contributed by atoms with Gasteiger partial charge in [-0.25, -0.2) is 0 Å². The molecular formula is C17H18N2O. The van der Waals surface area contributed by atoms with Gasteiger partial charge in [0, 0.05) is 12.1 Å². The van der Waals surface area contributed by atoms with Gasteiger partial charge in [0.15, 0.2) is 0 Å². The molecule has 0 saturated heterocycles. The number of hydrazone groups is 1. The minimum Gasteiger partial charge on any atom is -0.497 e. The Balaban J connectivity index is 1.92.